The summed E-state index contributed by atoms with van der Waals surface area (Å²) in [5, 5.41) is 14.9. The molecular weight excluding hydrogens is 532 g/mol. The van der Waals surface area contributed by atoms with E-state index in [0.29, 0.717) is 11.3 Å². The van der Waals surface area contributed by atoms with Gasteiger partial charge in [-0.25, -0.2) is 9.59 Å². The van der Waals surface area contributed by atoms with Crippen molar-refractivity contribution in [1.82, 2.24) is 5.32 Å². The fourth-order valence-electron chi connectivity index (χ4n) is 5.27. The molecule has 0 fully saturated rings. The second-order valence-corrected chi connectivity index (χ2v) is 10.2. The SMILES string of the molecule is Cc1c(NC(=O)[C@H](NC(=O)OCC2c3ccccc3-c3ccccc32)[C@H](C)OCc2ccccc2)cccc1C(=O)O. The number of nitrogens with one attached hydrogen (secondary N) is 2. The summed E-state index contributed by atoms with van der Waals surface area (Å²) in [6, 6.07) is 29.1. The summed E-state index contributed by atoms with van der Waals surface area (Å²) in [7, 11) is 0. The average Bonchev–Trinajstić information content (AvgIpc) is 3.32. The molecule has 4 aromatic rings. The van der Waals surface area contributed by atoms with Crippen LogP contribution >= 0.6 is 0 Å². The van der Waals surface area contributed by atoms with Gasteiger partial charge in [0.05, 0.1) is 18.3 Å². The Labute approximate surface area is 244 Å². The monoisotopic (exact) mass is 564 g/mol. The second kappa shape index (κ2) is 12.7. The van der Waals surface area contributed by atoms with E-state index in [4.69, 9.17) is 9.47 Å². The fourth-order valence-corrected chi connectivity index (χ4v) is 5.27. The third kappa shape index (κ3) is 6.19. The number of alkyl carbamates (subject to hydrolysis) is 1. The standard InChI is InChI=1S/C34H32N2O6/c1-21-24(33(38)39)17-10-18-30(21)35-32(37)31(22(2)41-19-23-11-4-3-5-12-23)36-34(40)42-20-29-27-15-8-6-13-25(27)26-14-7-9-16-28(26)29/h3-18,22,29,31H,19-20H2,1-2H3,(H,35,37)(H,36,40)(H,38,39)/t22-,31+/m0/s1. The summed E-state index contributed by atoms with van der Waals surface area (Å²) in [4.78, 5) is 38.2. The van der Waals surface area contributed by atoms with Crippen molar-refractivity contribution in [2.45, 2.75) is 38.5 Å². The first-order chi connectivity index (χ1) is 20.3. The number of hydrogen-bond donors (Lipinski definition) is 3. The van der Waals surface area contributed by atoms with Crippen LogP contribution in [0.15, 0.2) is 97.1 Å². The third-order valence-corrected chi connectivity index (χ3v) is 7.55. The largest absolute Gasteiger partial charge is 0.478 e. The lowest BCUT2D eigenvalue weighted by atomic mass is 9.98. The van der Waals surface area contributed by atoms with Crippen molar-refractivity contribution in [3.05, 3.63) is 125 Å². The lowest BCUT2D eigenvalue weighted by Gasteiger charge is -2.25. The maximum Gasteiger partial charge on any atom is 0.407 e. The molecule has 214 valence electrons. The van der Waals surface area contributed by atoms with Crippen molar-refractivity contribution in [2.75, 3.05) is 11.9 Å². The fraction of sp³-hybridized carbons (Fsp3) is 0.206. The Bertz CT molecular complexity index is 1560. The summed E-state index contributed by atoms with van der Waals surface area (Å²) >= 11 is 0. The van der Waals surface area contributed by atoms with Crippen molar-refractivity contribution in [3.8, 4) is 11.1 Å². The molecule has 0 aliphatic heterocycles. The topological polar surface area (TPSA) is 114 Å². The molecule has 42 heavy (non-hydrogen) atoms. The zero-order chi connectivity index (χ0) is 29.6. The van der Waals surface area contributed by atoms with Crippen LogP contribution in [0.4, 0.5) is 10.5 Å². The van der Waals surface area contributed by atoms with Gasteiger partial charge in [0.1, 0.15) is 12.6 Å². The molecule has 0 radical (unpaired) electrons. The number of hydrogen-bond acceptors (Lipinski definition) is 5. The van der Waals surface area contributed by atoms with Gasteiger partial charge in [-0.3, -0.25) is 4.79 Å². The highest BCUT2D eigenvalue weighted by atomic mass is 16.5. The Morgan fingerprint density at radius 3 is 2.10 bits per heavy atom. The average molecular weight is 565 g/mol. The number of carboxylic acids is 1. The zero-order valence-electron chi connectivity index (χ0n) is 23.4. The smallest absolute Gasteiger partial charge is 0.407 e. The van der Waals surface area contributed by atoms with Gasteiger partial charge < -0.3 is 25.2 Å². The van der Waals surface area contributed by atoms with E-state index in [1.807, 2.05) is 66.7 Å². The van der Waals surface area contributed by atoms with Crippen molar-refractivity contribution < 1.29 is 29.0 Å². The van der Waals surface area contributed by atoms with Gasteiger partial charge in [0.25, 0.3) is 0 Å². The Morgan fingerprint density at radius 2 is 1.45 bits per heavy atom. The van der Waals surface area contributed by atoms with Crippen LogP contribution in [-0.4, -0.2) is 41.8 Å². The number of fused-ring (bicyclic) bond motifs is 3. The molecule has 3 N–H and O–H groups in total. The third-order valence-electron chi connectivity index (χ3n) is 7.55. The predicted octanol–water partition coefficient (Wildman–Crippen LogP) is 6.14. The van der Waals surface area contributed by atoms with Gasteiger partial charge in [-0.1, -0.05) is 84.9 Å². The molecule has 0 saturated carbocycles. The molecule has 0 spiro atoms. The lowest BCUT2D eigenvalue weighted by Crippen LogP contribution is -2.51. The predicted molar refractivity (Wildman–Crippen MR) is 159 cm³/mol. The summed E-state index contributed by atoms with van der Waals surface area (Å²) in [5.41, 5.74) is 6.09. The number of benzene rings is 4. The molecule has 2 atom stereocenters. The van der Waals surface area contributed by atoms with Crippen LogP contribution in [-0.2, 0) is 20.9 Å². The van der Waals surface area contributed by atoms with Crippen LogP contribution in [0, 0.1) is 6.92 Å². The maximum absolute atomic E-state index is 13.5. The maximum atomic E-state index is 13.5. The molecule has 8 heteroatoms. The molecular formula is C34H32N2O6. The number of amides is 2. The van der Waals surface area contributed by atoms with Crippen LogP contribution in [0.1, 0.15) is 45.5 Å². The first-order valence-corrected chi connectivity index (χ1v) is 13.7. The minimum Gasteiger partial charge on any atom is -0.478 e. The summed E-state index contributed by atoms with van der Waals surface area (Å²) < 4.78 is 11.7. The van der Waals surface area contributed by atoms with Gasteiger partial charge in [-0.05, 0) is 59.4 Å². The van der Waals surface area contributed by atoms with Crippen LogP contribution in [0.5, 0.6) is 0 Å². The first-order valence-electron chi connectivity index (χ1n) is 13.7. The quantitative estimate of drug-likeness (QED) is 0.213. The van der Waals surface area contributed by atoms with Crippen LogP contribution in [0.2, 0.25) is 0 Å². The molecule has 2 amide bonds. The van der Waals surface area contributed by atoms with Gasteiger partial charge in [0, 0.05) is 11.6 Å². The van der Waals surface area contributed by atoms with Gasteiger partial charge in [-0.15, -0.1) is 0 Å². The normalized spacial score (nSPS) is 13.4. The van der Waals surface area contributed by atoms with Crippen molar-refractivity contribution in [2.24, 2.45) is 0 Å². The van der Waals surface area contributed by atoms with E-state index in [1.165, 1.54) is 6.07 Å². The van der Waals surface area contributed by atoms with E-state index in [-0.39, 0.29) is 24.7 Å². The van der Waals surface area contributed by atoms with Crippen LogP contribution < -0.4 is 10.6 Å². The lowest BCUT2D eigenvalue weighted by molar-refractivity contribution is -0.122. The minimum atomic E-state index is -1.13. The van der Waals surface area contributed by atoms with E-state index in [2.05, 4.69) is 22.8 Å². The van der Waals surface area contributed by atoms with Crippen molar-refractivity contribution in [1.29, 1.82) is 0 Å². The van der Waals surface area contributed by atoms with E-state index in [0.717, 1.165) is 27.8 Å². The van der Waals surface area contributed by atoms with E-state index in [1.54, 1.807) is 26.0 Å². The number of ether oxygens (including phenoxy) is 2. The number of anilines is 1. The molecule has 0 saturated heterocycles. The molecule has 1 aliphatic carbocycles. The highest BCUT2D eigenvalue weighted by Crippen LogP contribution is 2.44. The van der Waals surface area contributed by atoms with Gasteiger partial charge in [-0.2, -0.15) is 0 Å². The summed E-state index contributed by atoms with van der Waals surface area (Å²) in [6.45, 7) is 3.62. The highest BCUT2D eigenvalue weighted by Gasteiger charge is 2.32. The van der Waals surface area contributed by atoms with Gasteiger partial charge in [0.15, 0.2) is 0 Å². The number of carbonyl (C=O) groups is 3. The van der Waals surface area contributed by atoms with E-state index >= 15 is 0 Å². The van der Waals surface area contributed by atoms with E-state index in [9.17, 15) is 19.5 Å². The minimum absolute atomic E-state index is 0.0715. The zero-order valence-corrected chi connectivity index (χ0v) is 23.4. The molecule has 8 nitrogen and oxygen atoms in total. The second-order valence-electron chi connectivity index (χ2n) is 10.2. The van der Waals surface area contributed by atoms with Crippen LogP contribution in [0.3, 0.4) is 0 Å². The van der Waals surface area contributed by atoms with Gasteiger partial charge >= 0.3 is 12.1 Å². The molecule has 0 unspecified atom stereocenters. The Balaban J connectivity index is 1.31. The number of aromatic carboxylic acids is 1. The van der Waals surface area contributed by atoms with Gasteiger partial charge in [0.2, 0.25) is 5.91 Å². The Kier molecular flexibility index (Phi) is 8.64. The molecule has 0 heterocycles. The number of rotatable bonds is 10. The van der Waals surface area contributed by atoms with Crippen molar-refractivity contribution >= 4 is 23.7 Å². The molecule has 0 aromatic heterocycles. The molecule has 4 aromatic carbocycles. The first kappa shape index (κ1) is 28.6. The Hall–Kier alpha value is -4.95. The number of carboxylic acid groups (broad SMARTS) is 1. The summed E-state index contributed by atoms with van der Waals surface area (Å²) in [6.07, 6.45) is -1.50. The number of carbonyl (C=O) groups excluding carboxylic acids is 2. The Morgan fingerprint density at radius 1 is 0.833 bits per heavy atom. The highest BCUT2D eigenvalue weighted by molar-refractivity contribution is 5.99. The summed E-state index contributed by atoms with van der Waals surface area (Å²) in [5.74, 6) is -1.80. The van der Waals surface area contributed by atoms with Crippen LogP contribution in [0.25, 0.3) is 11.1 Å². The van der Waals surface area contributed by atoms with Crippen molar-refractivity contribution in [3.63, 3.8) is 0 Å². The molecule has 1 aliphatic rings. The molecule has 5 rings (SSSR count). The van der Waals surface area contributed by atoms with E-state index < -0.39 is 30.1 Å². The molecule has 0 bridgehead atoms.